The summed E-state index contributed by atoms with van der Waals surface area (Å²) >= 11 is 3.06. The van der Waals surface area contributed by atoms with Crippen molar-refractivity contribution >= 4 is 26.0 Å². The zero-order valence-electron chi connectivity index (χ0n) is 9.86. The van der Waals surface area contributed by atoms with Crippen LogP contribution in [0, 0.1) is 0 Å². The van der Waals surface area contributed by atoms with E-state index >= 15 is 0 Å². The summed E-state index contributed by atoms with van der Waals surface area (Å²) in [7, 11) is -3.58. The van der Waals surface area contributed by atoms with Crippen molar-refractivity contribution < 1.29 is 17.9 Å². The molecule has 0 atom stereocenters. The molecule has 1 aromatic heterocycles. The SMILES string of the molecule is O=S(=O)(NC1CCCCC1)c1cc(CO)oc1Br. The Hall–Kier alpha value is -0.370. The topological polar surface area (TPSA) is 79.5 Å². The van der Waals surface area contributed by atoms with Crippen LogP contribution in [0.3, 0.4) is 0 Å². The summed E-state index contributed by atoms with van der Waals surface area (Å²) < 4.78 is 32.2. The van der Waals surface area contributed by atoms with Crippen LogP contribution in [0.2, 0.25) is 0 Å². The van der Waals surface area contributed by atoms with Crippen molar-refractivity contribution in [2.24, 2.45) is 0 Å². The summed E-state index contributed by atoms with van der Waals surface area (Å²) in [6, 6.07) is 1.35. The van der Waals surface area contributed by atoms with Crippen LogP contribution in [0.25, 0.3) is 0 Å². The first kappa shape index (κ1) is 14.0. The first-order valence-electron chi connectivity index (χ1n) is 5.94. The number of sulfonamides is 1. The molecule has 1 heterocycles. The van der Waals surface area contributed by atoms with E-state index in [1.54, 1.807) is 0 Å². The highest BCUT2D eigenvalue weighted by Crippen LogP contribution is 2.27. The molecule has 102 valence electrons. The highest BCUT2D eigenvalue weighted by atomic mass is 79.9. The van der Waals surface area contributed by atoms with Crippen molar-refractivity contribution in [1.29, 1.82) is 0 Å². The third-order valence-electron chi connectivity index (χ3n) is 3.08. The van der Waals surface area contributed by atoms with Crippen LogP contribution < -0.4 is 4.72 Å². The van der Waals surface area contributed by atoms with Crippen molar-refractivity contribution in [1.82, 2.24) is 4.72 Å². The fourth-order valence-corrected chi connectivity index (χ4v) is 4.47. The number of aliphatic hydroxyl groups excluding tert-OH is 1. The normalized spacial score (nSPS) is 18.1. The molecule has 18 heavy (non-hydrogen) atoms. The fourth-order valence-electron chi connectivity index (χ4n) is 2.16. The summed E-state index contributed by atoms with van der Waals surface area (Å²) in [5.41, 5.74) is 0. The molecule has 0 amide bonds. The second kappa shape index (κ2) is 5.73. The van der Waals surface area contributed by atoms with Gasteiger partial charge in [0, 0.05) is 12.1 Å². The van der Waals surface area contributed by atoms with Crippen molar-refractivity contribution in [2.45, 2.75) is 49.6 Å². The molecule has 1 aliphatic carbocycles. The first-order chi connectivity index (χ1) is 8.53. The van der Waals surface area contributed by atoms with E-state index in [0.717, 1.165) is 25.7 Å². The Morgan fingerprint density at radius 1 is 1.39 bits per heavy atom. The van der Waals surface area contributed by atoms with Gasteiger partial charge in [-0.2, -0.15) is 0 Å². The van der Waals surface area contributed by atoms with Crippen LogP contribution in [0.5, 0.6) is 0 Å². The Bertz CT molecular complexity index is 505. The van der Waals surface area contributed by atoms with Gasteiger partial charge in [0.2, 0.25) is 10.0 Å². The van der Waals surface area contributed by atoms with Crippen LogP contribution in [0.15, 0.2) is 20.0 Å². The van der Waals surface area contributed by atoms with Gasteiger partial charge in [-0.15, -0.1) is 0 Å². The van der Waals surface area contributed by atoms with Crippen molar-refractivity contribution in [3.8, 4) is 0 Å². The monoisotopic (exact) mass is 337 g/mol. The van der Waals surface area contributed by atoms with Gasteiger partial charge in [-0.25, -0.2) is 13.1 Å². The summed E-state index contributed by atoms with van der Waals surface area (Å²) in [6.07, 6.45) is 5.04. The molecule has 1 aromatic rings. The predicted molar refractivity (Wildman–Crippen MR) is 69.5 cm³/mol. The molecule has 0 aromatic carbocycles. The molecule has 1 aliphatic rings. The summed E-state index contributed by atoms with van der Waals surface area (Å²) in [5.74, 6) is 0.228. The van der Waals surface area contributed by atoms with Gasteiger partial charge in [0.05, 0.1) is 0 Å². The van der Waals surface area contributed by atoms with E-state index in [1.165, 1.54) is 12.5 Å². The number of hydrogen-bond acceptors (Lipinski definition) is 4. The average molecular weight is 338 g/mol. The van der Waals surface area contributed by atoms with Gasteiger partial charge in [-0.1, -0.05) is 19.3 Å². The molecule has 5 nitrogen and oxygen atoms in total. The summed E-state index contributed by atoms with van der Waals surface area (Å²) in [4.78, 5) is 0.0529. The van der Waals surface area contributed by atoms with E-state index < -0.39 is 10.0 Å². The highest BCUT2D eigenvalue weighted by Gasteiger charge is 2.26. The van der Waals surface area contributed by atoms with Crippen LogP contribution in [-0.2, 0) is 16.6 Å². The minimum Gasteiger partial charge on any atom is -0.450 e. The van der Waals surface area contributed by atoms with E-state index in [0.29, 0.717) is 0 Å². The fraction of sp³-hybridized carbons (Fsp3) is 0.636. The minimum atomic E-state index is -3.58. The van der Waals surface area contributed by atoms with Crippen molar-refractivity contribution in [3.05, 3.63) is 16.5 Å². The number of hydrogen-bond donors (Lipinski definition) is 2. The van der Waals surface area contributed by atoms with Crippen LogP contribution >= 0.6 is 15.9 Å². The molecular weight excluding hydrogens is 322 g/mol. The van der Waals surface area contributed by atoms with Crippen molar-refractivity contribution in [3.63, 3.8) is 0 Å². The molecule has 1 saturated carbocycles. The first-order valence-corrected chi connectivity index (χ1v) is 8.22. The predicted octanol–water partition coefficient (Wildman–Crippen LogP) is 2.15. The molecule has 0 radical (unpaired) electrons. The Labute approximate surface area is 115 Å². The van der Waals surface area contributed by atoms with E-state index in [4.69, 9.17) is 9.52 Å². The molecule has 7 heteroatoms. The van der Waals surface area contributed by atoms with Gasteiger partial charge in [-0.05, 0) is 28.8 Å². The number of nitrogens with one attached hydrogen (secondary N) is 1. The minimum absolute atomic E-state index is 0.00289. The van der Waals surface area contributed by atoms with Gasteiger partial charge in [0.25, 0.3) is 0 Å². The van der Waals surface area contributed by atoms with Gasteiger partial charge >= 0.3 is 0 Å². The van der Waals surface area contributed by atoms with Gasteiger partial charge in [0.15, 0.2) is 4.67 Å². The number of aliphatic hydroxyl groups is 1. The third-order valence-corrected chi connectivity index (χ3v) is 5.46. The largest absolute Gasteiger partial charge is 0.450 e. The molecule has 1 fully saturated rings. The van der Waals surface area contributed by atoms with E-state index in [9.17, 15) is 8.42 Å². The molecule has 0 unspecified atom stereocenters. The lowest BCUT2D eigenvalue weighted by Gasteiger charge is -2.22. The van der Waals surface area contributed by atoms with Crippen LogP contribution in [0.1, 0.15) is 37.9 Å². The Kier molecular flexibility index (Phi) is 4.47. The zero-order valence-corrected chi connectivity index (χ0v) is 12.3. The maximum atomic E-state index is 12.2. The quantitative estimate of drug-likeness (QED) is 0.882. The lowest BCUT2D eigenvalue weighted by atomic mass is 9.96. The van der Waals surface area contributed by atoms with E-state index in [1.807, 2.05) is 0 Å². The molecular formula is C11H16BrNO4S. The average Bonchev–Trinajstić information content (AvgIpc) is 2.72. The number of furan rings is 1. The lowest BCUT2D eigenvalue weighted by Crippen LogP contribution is -2.36. The molecule has 0 spiro atoms. The molecule has 2 N–H and O–H groups in total. The number of rotatable bonds is 4. The Morgan fingerprint density at radius 2 is 2.06 bits per heavy atom. The maximum absolute atomic E-state index is 12.2. The third kappa shape index (κ3) is 3.14. The molecule has 0 bridgehead atoms. The summed E-state index contributed by atoms with van der Waals surface area (Å²) in [5, 5.41) is 8.93. The van der Waals surface area contributed by atoms with Gasteiger partial charge in [-0.3, -0.25) is 0 Å². The number of halogens is 1. The van der Waals surface area contributed by atoms with Gasteiger partial charge < -0.3 is 9.52 Å². The Morgan fingerprint density at radius 3 is 2.61 bits per heavy atom. The van der Waals surface area contributed by atoms with E-state index in [2.05, 4.69) is 20.7 Å². The van der Waals surface area contributed by atoms with E-state index in [-0.39, 0.29) is 28.0 Å². The maximum Gasteiger partial charge on any atom is 0.245 e. The van der Waals surface area contributed by atoms with Crippen LogP contribution in [0.4, 0.5) is 0 Å². The van der Waals surface area contributed by atoms with Gasteiger partial charge in [0.1, 0.15) is 17.3 Å². The standard InChI is InChI=1S/C11H16BrNO4S/c12-11-10(6-9(7-14)17-11)18(15,16)13-8-4-2-1-3-5-8/h6,8,13-14H,1-5,7H2. The smallest absolute Gasteiger partial charge is 0.245 e. The second-order valence-corrected chi connectivity index (χ2v) is 6.87. The van der Waals surface area contributed by atoms with Crippen molar-refractivity contribution in [2.75, 3.05) is 0 Å². The zero-order chi connectivity index (χ0) is 13.2. The second-order valence-electron chi connectivity index (χ2n) is 4.47. The highest BCUT2D eigenvalue weighted by molar-refractivity contribution is 9.10. The molecule has 2 rings (SSSR count). The Balaban J connectivity index is 2.16. The summed E-state index contributed by atoms with van der Waals surface area (Å²) in [6.45, 7) is -0.322. The molecule has 0 aliphatic heterocycles. The lowest BCUT2D eigenvalue weighted by molar-refractivity contribution is 0.245. The van der Waals surface area contributed by atoms with Crippen LogP contribution in [-0.4, -0.2) is 19.6 Å². The molecule has 0 saturated heterocycles.